The molecule has 1 N–H and O–H groups in total. The van der Waals surface area contributed by atoms with Crippen LogP contribution >= 0.6 is 0 Å². The first-order valence-electron chi connectivity index (χ1n) is 6.69. The topological polar surface area (TPSA) is 53.4 Å². The van der Waals surface area contributed by atoms with Gasteiger partial charge >= 0.3 is 5.97 Å². The Balaban J connectivity index is 2.08. The van der Waals surface area contributed by atoms with Crippen LogP contribution in [0.4, 0.5) is 5.82 Å². The Bertz CT molecular complexity index is 648. The molecule has 0 radical (unpaired) electrons. The van der Waals surface area contributed by atoms with Crippen LogP contribution in [-0.4, -0.2) is 23.1 Å². The van der Waals surface area contributed by atoms with Crippen LogP contribution in [0.5, 0.6) is 0 Å². The summed E-state index contributed by atoms with van der Waals surface area (Å²) >= 11 is 0. The maximum absolute atomic E-state index is 10.5. The highest BCUT2D eigenvalue weighted by Crippen LogP contribution is 2.15. The molecule has 2 aromatic rings. The van der Waals surface area contributed by atoms with Crippen LogP contribution in [0.1, 0.15) is 16.7 Å². The number of carboxylic acids is 1. The summed E-state index contributed by atoms with van der Waals surface area (Å²) < 4.78 is 0. The molecule has 0 saturated carbocycles. The Labute approximate surface area is 124 Å². The number of nitrogens with zero attached hydrogens (tertiary/aromatic N) is 2. The third-order valence-corrected chi connectivity index (χ3v) is 3.25. The largest absolute Gasteiger partial charge is 0.478 e. The number of anilines is 1. The van der Waals surface area contributed by atoms with Crippen molar-refractivity contribution in [3.8, 4) is 0 Å². The lowest BCUT2D eigenvalue weighted by Crippen LogP contribution is -2.18. The van der Waals surface area contributed by atoms with Crippen molar-refractivity contribution in [3.05, 3.63) is 65.4 Å². The standard InChI is InChI=1S/C17H18N2O2/c1-13-5-3-4-6-15(13)12-19(2)16-9-7-14(11-18-16)8-10-17(20)21/h3-11H,12H2,1-2H3,(H,20,21)/b10-8+. The van der Waals surface area contributed by atoms with Crippen LogP contribution in [0.15, 0.2) is 48.7 Å². The van der Waals surface area contributed by atoms with E-state index in [-0.39, 0.29) is 0 Å². The summed E-state index contributed by atoms with van der Waals surface area (Å²) in [5, 5.41) is 8.59. The Morgan fingerprint density at radius 1 is 1.29 bits per heavy atom. The van der Waals surface area contributed by atoms with E-state index in [9.17, 15) is 4.79 Å². The van der Waals surface area contributed by atoms with Gasteiger partial charge in [-0.15, -0.1) is 0 Å². The molecule has 0 spiro atoms. The highest BCUT2D eigenvalue weighted by molar-refractivity contribution is 5.85. The second-order valence-corrected chi connectivity index (χ2v) is 4.90. The fourth-order valence-corrected chi connectivity index (χ4v) is 2.01. The lowest BCUT2D eigenvalue weighted by atomic mass is 10.1. The van der Waals surface area contributed by atoms with E-state index >= 15 is 0 Å². The smallest absolute Gasteiger partial charge is 0.328 e. The van der Waals surface area contributed by atoms with Crippen LogP contribution in [0.3, 0.4) is 0 Å². The molecular weight excluding hydrogens is 264 g/mol. The minimum atomic E-state index is -0.962. The van der Waals surface area contributed by atoms with Gasteiger partial charge in [0.05, 0.1) is 0 Å². The van der Waals surface area contributed by atoms with Gasteiger partial charge in [0.2, 0.25) is 0 Å². The third-order valence-electron chi connectivity index (χ3n) is 3.25. The van der Waals surface area contributed by atoms with Crippen molar-refractivity contribution >= 4 is 17.9 Å². The molecule has 108 valence electrons. The predicted molar refractivity (Wildman–Crippen MR) is 84.2 cm³/mol. The van der Waals surface area contributed by atoms with Gasteiger partial charge in [0.25, 0.3) is 0 Å². The minimum absolute atomic E-state index is 0.769. The summed E-state index contributed by atoms with van der Waals surface area (Å²) in [4.78, 5) is 16.9. The molecule has 0 saturated heterocycles. The monoisotopic (exact) mass is 282 g/mol. The number of carboxylic acid groups (broad SMARTS) is 1. The Morgan fingerprint density at radius 2 is 2.05 bits per heavy atom. The first kappa shape index (κ1) is 14.8. The first-order chi connectivity index (χ1) is 10.1. The van der Waals surface area contributed by atoms with E-state index in [1.807, 2.05) is 31.3 Å². The quantitative estimate of drug-likeness (QED) is 0.856. The fourth-order valence-electron chi connectivity index (χ4n) is 2.01. The van der Waals surface area contributed by atoms with E-state index in [4.69, 9.17) is 5.11 Å². The number of aryl methyl sites for hydroxylation is 1. The van der Waals surface area contributed by atoms with Gasteiger partial charge in [-0.2, -0.15) is 0 Å². The second kappa shape index (κ2) is 6.70. The van der Waals surface area contributed by atoms with Crippen LogP contribution in [0.2, 0.25) is 0 Å². The van der Waals surface area contributed by atoms with Crippen molar-refractivity contribution in [1.82, 2.24) is 4.98 Å². The summed E-state index contributed by atoms with van der Waals surface area (Å²) in [5.74, 6) is -0.110. The molecule has 0 aliphatic rings. The average Bonchev–Trinajstić information content (AvgIpc) is 2.48. The van der Waals surface area contributed by atoms with E-state index in [1.165, 1.54) is 17.2 Å². The predicted octanol–water partition coefficient (Wildman–Crippen LogP) is 3.12. The molecule has 4 nitrogen and oxygen atoms in total. The summed E-state index contributed by atoms with van der Waals surface area (Å²) in [6.45, 7) is 2.88. The van der Waals surface area contributed by atoms with Crippen LogP contribution < -0.4 is 4.90 Å². The first-order valence-corrected chi connectivity index (χ1v) is 6.69. The molecule has 0 aliphatic carbocycles. The Morgan fingerprint density at radius 3 is 2.67 bits per heavy atom. The molecule has 0 amide bonds. The zero-order valence-electron chi connectivity index (χ0n) is 12.2. The van der Waals surface area contributed by atoms with Gasteiger partial charge in [-0.25, -0.2) is 9.78 Å². The van der Waals surface area contributed by atoms with Crippen molar-refractivity contribution in [2.24, 2.45) is 0 Å². The van der Waals surface area contributed by atoms with Crippen molar-refractivity contribution < 1.29 is 9.90 Å². The number of hydrogen-bond donors (Lipinski definition) is 1. The van der Waals surface area contributed by atoms with Gasteiger partial charge in [0.1, 0.15) is 5.82 Å². The van der Waals surface area contributed by atoms with Crippen molar-refractivity contribution in [1.29, 1.82) is 0 Å². The van der Waals surface area contributed by atoms with Crippen LogP contribution in [-0.2, 0) is 11.3 Å². The van der Waals surface area contributed by atoms with Gasteiger partial charge in [0.15, 0.2) is 0 Å². The Kier molecular flexibility index (Phi) is 4.72. The molecule has 21 heavy (non-hydrogen) atoms. The third kappa shape index (κ3) is 4.18. The zero-order valence-corrected chi connectivity index (χ0v) is 12.2. The average molecular weight is 282 g/mol. The molecule has 0 atom stereocenters. The minimum Gasteiger partial charge on any atom is -0.478 e. The van der Waals surface area contributed by atoms with E-state index < -0.39 is 5.97 Å². The van der Waals surface area contributed by atoms with Gasteiger partial charge in [-0.3, -0.25) is 0 Å². The molecule has 0 bridgehead atoms. The summed E-state index contributed by atoms with van der Waals surface area (Å²) in [6.07, 6.45) is 4.30. The van der Waals surface area contributed by atoms with Crippen molar-refractivity contribution in [2.45, 2.75) is 13.5 Å². The Hall–Kier alpha value is -2.62. The number of benzene rings is 1. The summed E-state index contributed by atoms with van der Waals surface area (Å²) in [7, 11) is 1.99. The maximum atomic E-state index is 10.5. The number of aliphatic carboxylic acids is 1. The lowest BCUT2D eigenvalue weighted by molar-refractivity contribution is -0.131. The van der Waals surface area contributed by atoms with E-state index in [0.29, 0.717) is 0 Å². The molecule has 1 heterocycles. The van der Waals surface area contributed by atoms with E-state index in [2.05, 4.69) is 28.9 Å². The number of carbonyl (C=O) groups is 1. The second-order valence-electron chi connectivity index (χ2n) is 4.90. The van der Waals surface area contributed by atoms with Crippen LogP contribution in [0, 0.1) is 6.92 Å². The van der Waals surface area contributed by atoms with Crippen LogP contribution in [0.25, 0.3) is 6.08 Å². The SMILES string of the molecule is Cc1ccccc1CN(C)c1ccc(/C=C/C(=O)O)cn1. The molecule has 1 aromatic carbocycles. The van der Waals surface area contributed by atoms with Crippen molar-refractivity contribution in [2.75, 3.05) is 11.9 Å². The number of aromatic nitrogens is 1. The number of rotatable bonds is 5. The molecule has 0 fully saturated rings. The molecule has 0 unspecified atom stereocenters. The molecule has 1 aromatic heterocycles. The normalized spacial score (nSPS) is 10.8. The van der Waals surface area contributed by atoms with E-state index in [1.54, 1.807) is 6.20 Å². The zero-order chi connectivity index (χ0) is 15.2. The molecule has 0 aliphatic heterocycles. The highest BCUT2D eigenvalue weighted by Gasteiger charge is 2.05. The van der Waals surface area contributed by atoms with Gasteiger partial charge in [-0.05, 0) is 41.8 Å². The van der Waals surface area contributed by atoms with Crippen molar-refractivity contribution in [3.63, 3.8) is 0 Å². The number of hydrogen-bond acceptors (Lipinski definition) is 3. The maximum Gasteiger partial charge on any atom is 0.328 e. The van der Waals surface area contributed by atoms with Gasteiger partial charge < -0.3 is 10.0 Å². The lowest BCUT2D eigenvalue weighted by Gasteiger charge is -2.19. The fraction of sp³-hybridized carbons (Fsp3) is 0.176. The molecule has 4 heteroatoms. The summed E-state index contributed by atoms with van der Waals surface area (Å²) in [5.41, 5.74) is 3.28. The van der Waals surface area contributed by atoms with Gasteiger partial charge in [0, 0.05) is 25.9 Å². The highest BCUT2D eigenvalue weighted by atomic mass is 16.4. The van der Waals surface area contributed by atoms with Gasteiger partial charge in [-0.1, -0.05) is 24.3 Å². The molecule has 2 rings (SSSR count). The number of pyridine rings is 1. The summed E-state index contributed by atoms with van der Waals surface area (Å²) in [6, 6.07) is 12.0. The molecular formula is C17H18N2O2. The van der Waals surface area contributed by atoms with E-state index in [0.717, 1.165) is 24.0 Å².